The molecule has 1 aromatic heterocycles. The van der Waals surface area contributed by atoms with Crippen LogP contribution in [0.25, 0.3) is 0 Å². The van der Waals surface area contributed by atoms with Crippen LogP contribution in [0.4, 0.5) is 22.0 Å². The fourth-order valence-corrected chi connectivity index (χ4v) is 1.41. The van der Waals surface area contributed by atoms with Crippen molar-refractivity contribution in [3.05, 3.63) is 23.0 Å². The van der Waals surface area contributed by atoms with Crippen molar-refractivity contribution in [1.29, 1.82) is 0 Å². The minimum Gasteiger partial charge on any atom is -0.405 e. The second-order valence-electron chi connectivity index (χ2n) is 3.01. The van der Waals surface area contributed by atoms with Crippen molar-refractivity contribution in [2.24, 2.45) is 0 Å². The Balaban J connectivity index is 3.39. The molecule has 100 valence electrons. The van der Waals surface area contributed by atoms with Crippen LogP contribution in [0.2, 0.25) is 0 Å². The van der Waals surface area contributed by atoms with Gasteiger partial charge in [0.2, 0.25) is 0 Å². The van der Waals surface area contributed by atoms with E-state index in [1.165, 1.54) is 0 Å². The van der Waals surface area contributed by atoms with E-state index >= 15 is 0 Å². The smallest absolute Gasteiger partial charge is 0.405 e. The van der Waals surface area contributed by atoms with Crippen LogP contribution in [0.15, 0.2) is 6.07 Å². The summed E-state index contributed by atoms with van der Waals surface area (Å²) in [6.45, 7) is 0. The molecule has 18 heavy (non-hydrogen) atoms. The highest BCUT2D eigenvalue weighted by Gasteiger charge is 2.34. The standard InChI is InChI=1S/C9H5ClF5NO2/c10-2-5-7(8(11)12)6(18-9(13,14)15)1-4(3-17)16-5/h1,3,8H,2H2. The Hall–Kier alpha value is -1.44. The Morgan fingerprint density at radius 1 is 1.44 bits per heavy atom. The van der Waals surface area contributed by atoms with Crippen LogP contribution in [0.1, 0.15) is 28.2 Å². The summed E-state index contributed by atoms with van der Waals surface area (Å²) in [5.41, 5.74) is -2.09. The molecule has 1 aromatic rings. The molecule has 0 aliphatic carbocycles. The van der Waals surface area contributed by atoms with Crippen molar-refractivity contribution >= 4 is 17.9 Å². The lowest BCUT2D eigenvalue weighted by Crippen LogP contribution is -2.19. The van der Waals surface area contributed by atoms with E-state index < -0.39 is 41.4 Å². The third kappa shape index (κ3) is 3.52. The summed E-state index contributed by atoms with van der Waals surface area (Å²) in [4.78, 5) is 13.8. The van der Waals surface area contributed by atoms with Gasteiger partial charge in [-0.15, -0.1) is 24.8 Å². The number of nitrogens with zero attached hydrogens (tertiary/aromatic N) is 1. The normalized spacial score (nSPS) is 11.7. The number of aromatic nitrogens is 1. The number of aldehydes is 1. The zero-order chi connectivity index (χ0) is 13.9. The van der Waals surface area contributed by atoms with Crippen LogP contribution in [0.3, 0.4) is 0 Å². The number of hydrogen-bond donors (Lipinski definition) is 0. The summed E-state index contributed by atoms with van der Waals surface area (Å²) < 4.78 is 64.9. The molecule has 0 N–H and O–H groups in total. The molecule has 0 aliphatic rings. The molecule has 0 fully saturated rings. The lowest BCUT2D eigenvalue weighted by atomic mass is 10.1. The molecule has 1 heterocycles. The zero-order valence-corrected chi connectivity index (χ0v) is 9.23. The molecule has 0 saturated heterocycles. The Morgan fingerprint density at radius 2 is 2.06 bits per heavy atom. The van der Waals surface area contributed by atoms with Gasteiger partial charge >= 0.3 is 6.36 Å². The molecule has 0 saturated carbocycles. The van der Waals surface area contributed by atoms with E-state index in [1.807, 2.05) is 0 Å². The van der Waals surface area contributed by atoms with E-state index in [4.69, 9.17) is 11.6 Å². The maximum absolute atomic E-state index is 12.7. The second kappa shape index (κ2) is 5.47. The van der Waals surface area contributed by atoms with Gasteiger partial charge in [-0.25, -0.2) is 13.8 Å². The van der Waals surface area contributed by atoms with Crippen LogP contribution in [-0.4, -0.2) is 17.6 Å². The summed E-state index contributed by atoms with van der Waals surface area (Å²) in [6.07, 6.45) is -8.31. The largest absolute Gasteiger partial charge is 0.573 e. The summed E-state index contributed by atoms with van der Waals surface area (Å²) in [6, 6.07) is 0.484. The number of pyridine rings is 1. The van der Waals surface area contributed by atoms with E-state index in [0.29, 0.717) is 6.07 Å². The summed E-state index contributed by atoms with van der Waals surface area (Å²) in [5.74, 6) is -1.75. The van der Waals surface area contributed by atoms with Crippen LogP contribution < -0.4 is 4.74 Å². The first kappa shape index (κ1) is 14.6. The number of carbonyl (C=O) groups is 1. The lowest BCUT2D eigenvalue weighted by Gasteiger charge is -2.15. The topological polar surface area (TPSA) is 39.2 Å². The maximum atomic E-state index is 12.7. The molecule has 0 aliphatic heterocycles. The van der Waals surface area contributed by atoms with Crippen molar-refractivity contribution in [3.8, 4) is 5.75 Å². The van der Waals surface area contributed by atoms with Crippen LogP contribution in [0.5, 0.6) is 5.75 Å². The van der Waals surface area contributed by atoms with Crippen molar-refractivity contribution in [2.75, 3.05) is 0 Å². The van der Waals surface area contributed by atoms with Crippen LogP contribution in [0, 0.1) is 0 Å². The van der Waals surface area contributed by atoms with Crippen LogP contribution >= 0.6 is 11.6 Å². The highest BCUT2D eigenvalue weighted by molar-refractivity contribution is 6.17. The zero-order valence-electron chi connectivity index (χ0n) is 8.47. The average molecular weight is 290 g/mol. The molecule has 1 rings (SSSR count). The van der Waals surface area contributed by atoms with Gasteiger partial charge in [-0.3, -0.25) is 4.79 Å². The molecule has 0 unspecified atom stereocenters. The van der Waals surface area contributed by atoms with Crippen LogP contribution in [-0.2, 0) is 5.88 Å². The molecular formula is C9H5ClF5NO2. The van der Waals surface area contributed by atoms with E-state index in [0.717, 1.165) is 0 Å². The summed E-state index contributed by atoms with van der Waals surface area (Å²) in [7, 11) is 0. The Bertz CT molecular complexity index is 449. The number of alkyl halides is 6. The molecule has 0 radical (unpaired) electrons. The minimum absolute atomic E-state index is 0.106. The van der Waals surface area contributed by atoms with E-state index in [-0.39, 0.29) is 6.29 Å². The Kier molecular flexibility index (Phi) is 4.44. The number of rotatable bonds is 4. The van der Waals surface area contributed by atoms with Crippen molar-refractivity contribution in [2.45, 2.75) is 18.7 Å². The molecule has 3 nitrogen and oxygen atoms in total. The summed E-state index contributed by atoms with van der Waals surface area (Å²) >= 11 is 5.30. The molecule has 0 spiro atoms. The first-order chi connectivity index (χ1) is 8.28. The predicted octanol–water partition coefficient (Wildman–Crippen LogP) is 3.47. The predicted molar refractivity (Wildman–Crippen MR) is 50.8 cm³/mol. The van der Waals surface area contributed by atoms with Gasteiger partial charge in [0.05, 0.1) is 17.1 Å². The van der Waals surface area contributed by atoms with Crippen molar-refractivity contribution < 1.29 is 31.5 Å². The fraction of sp³-hybridized carbons (Fsp3) is 0.333. The van der Waals surface area contributed by atoms with Gasteiger partial charge in [0.25, 0.3) is 6.43 Å². The van der Waals surface area contributed by atoms with Gasteiger partial charge in [0.15, 0.2) is 6.29 Å². The molecule has 0 aromatic carbocycles. The van der Waals surface area contributed by atoms with Gasteiger partial charge in [-0.1, -0.05) is 0 Å². The molecule has 0 bridgehead atoms. The first-order valence-electron chi connectivity index (χ1n) is 4.37. The highest BCUT2D eigenvalue weighted by atomic mass is 35.5. The monoisotopic (exact) mass is 289 g/mol. The Labute approximate surface area is 103 Å². The molecule has 0 amide bonds. The van der Waals surface area contributed by atoms with E-state index in [1.54, 1.807) is 0 Å². The van der Waals surface area contributed by atoms with Crippen molar-refractivity contribution in [1.82, 2.24) is 4.98 Å². The Morgan fingerprint density at radius 3 is 2.44 bits per heavy atom. The third-order valence-corrected chi connectivity index (χ3v) is 2.06. The van der Waals surface area contributed by atoms with Gasteiger partial charge in [0.1, 0.15) is 11.4 Å². The van der Waals surface area contributed by atoms with Gasteiger partial charge < -0.3 is 4.74 Å². The summed E-state index contributed by atoms with van der Waals surface area (Å²) in [5, 5.41) is 0. The maximum Gasteiger partial charge on any atom is 0.573 e. The third-order valence-electron chi connectivity index (χ3n) is 1.81. The SMILES string of the molecule is O=Cc1cc(OC(F)(F)F)c(C(F)F)c(CCl)n1. The van der Waals surface area contributed by atoms with E-state index in [9.17, 15) is 26.7 Å². The number of hydrogen-bond acceptors (Lipinski definition) is 3. The highest BCUT2D eigenvalue weighted by Crippen LogP contribution is 2.35. The number of ether oxygens (including phenoxy) is 1. The number of carbonyl (C=O) groups excluding carboxylic acids is 1. The van der Waals surface area contributed by atoms with E-state index in [2.05, 4.69) is 9.72 Å². The quantitative estimate of drug-likeness (QED) is 0.484. The van der Waals surface area contributed by atoms with Gasteiger partial charge in [0, 0.05) is 6.07 Å². The van der Waals surface area contributed by atoms with Gasteiger partial charge in [-0.2, -0.15) is 0 Å². The number of halogens is 6. The van der Waals surface area contributed by atoms with Gasteiger partial charge in [-0.05, 0) is 0 Å². The minimum atomic E-state index is -5.16. The average Bonchev–Trinajstić information content (AvgIpc) is 2.25. The fourth-order valence-electron chi connectivity index (χ4n) is 1.21. The van der Waals surface area contributed by atoms with Crippen molar-refractivity contribution in [3.63, 3.8) is 0 Å². The molecular weight excluding hydrogens is 285 g/mol. The first-order valence-corrected chi connectivity index (χ1v) is 4.90. The lowest BCUT2D eigenvalue weighted by molar-refractivity contribution is -0.275. The molecule has 9 heteroatoms. The second-order valence-corrected chi connectivity index (χ2v) is 3.27. The molecule has 0 atom stereocenters.